The van der Waals surface area contributed by atoms with Crippen molar-refractivity contribution in [1.29, 1.82) is 0 Å². The summed E-state index contributed by atoms with van der Waals surface area (Å²) >= 11 is 0. The van der Waals surface area contributed by atoms with Gasteiger partial charge in [0.05, 0.1) is 12.7 Å². The van der Waals surface area contributed by atoms with Gasteiger partial charge in [0.25, 0.3) is 0 Å². The Balaban J connectivity index is 1.49. The Kier molecular flexibility index (Phi) is 3.74. The van der Waals surface area contributed by atoms with E-state index in [0.29, 0.717) is 12.1 Å². The highest BCUT2D eigenvalue weighted by molar-refractivity contribution is 5.39. The van der Waals surface area contributed by atoms with Crippen LogP contribution < -0.4 is 10.1 Å². The molecule has 2 aliphatic rings. The minimum Gasteiger partial charge on any atom is -0.493 e. The molecule has 0 saturated heterocycles. The molecule has 1 aromatic rings. The molecule has 3 nitrogen and oxygen atoms in total. The quantitative estimate of drug-likeness (QED) is 0.896. The average Bonchev–Trinajstić information content (AvgIpc) is 2.89. The van der Waals surface area contributed by atoms with Crippen molar-refractivity contribution >= 4 is 0 Å². The summed E-state index contributed by atoms with van der Waals surface area (Å²) in [6, 6.07) is 7.18. The third kappa shape index (κ3) is 2.45. The van der Waals surface area contributed by atoms with E-state index in [1.54, 1.807) is 0 Å². The van der Waals surface area contributed by atoms with Gasteiger partial charge in [-0.25, -0.2) is 0 Å². The molecule has 2 unspecified atom stereocenters. The van der Waals surface area contributed by atoms with E-state index < -0.39 is 0 Å². The van der Waals surface area contributed by atoms with Crippen molar-refractivity contribution in [2.45, 2.75) is 45.3 Å². The number of fused-ring (bicyclic) bond motifs is 1. The highest BCUT2D eigenvalue weighted by Gasteiger charge is 2.47. The van der Waals surface area contributed by atoms with E-state index in [1.165, 1.54) is 11.1 Å². The first-order chi connectivity index (χ1) is 9.61. The number of hydrogen-bond donors (Lipinski definition) is 1. The second-order valence-corrected chi connectivity index (χ2v) is 6.58. The molecule has 0 radical (unpaired) electrons. The van der Waals surface area contributed by atoms with Crippen molar-refractivity contribution in [3.8, 4) is 5.75 Å². The number of ether oxygens (including phenoxy) is 2. The number of hydrogen-bond acceptors (Lipinski definition) is 3. The molecule has 20 heavy (non-hydrogen) atoms. The van der Waals surface area contributed by atoms with Gasteiger partial charge in [0, 0.05) is 25.0 Å². The van der Waals surface area contributed by atoms with Crippen molar-refractivity contribution < 1.29 is 9.47 Å². The summed E-state index contributed by atoms with van der Waals surface area (Å²) in [5.74, 6) is 1.07. The molecular formula is C17H25NO2. The fourth-order valence-electron chi connectivity index (χ4n) is 3.42. The SMILES string of the molecule is COC1CC(NCCc2ccc3c(c2)CCO3)C1(C)C. The Morgan fingerprint density at radius 1 is 1.40 bits per heavy atom. The van der Waals surface area contributed by atoms with Crippen LogP contribution in [0.4, 0.5) is 0 Å². The van der Waals surface area contributed by atoms with E-state index in [4.69, 9.17) is 9.47 Å². The van der Waals surface area contributed by atoms with Crippen LogP contribution in [0.15, 0.2) is 18.2 Å². The minimum absolute atomic E-state index is 0.251. The first kappa shape index (κ1) is 13.9. The molecule has 1 aromatic carbocycles. The summed E-state index contributed by atoms with van der Waals surface area (Å²) in [5.41, 5.74) is 3.02. The summed E-state index contributed by atoms with van der Waals surface area (Å²) in [4.78, 5) is 0. The molecule has 0 amide bonds. The van der Waals surface area contributed by atoms with Gasteiger partial charge >= 0.3 is 0 Å². The Morgan fingerprint density at radius 3 is 3.00 bits per heavy atom. The van der Waals surface area contributed by atoms with Crippen LogP contribution in [0.3, 0.4) is 0 Å². The van der Waals surface area contributed by atoms with E-state index in [9.17, 15) is 0 Å². The summed E-state index contributed by atoms with van der Waals surface area (Å²) in [5, 5.41) is 3.68. The molecule has 1 N–H and O–H groups in total. The predicted octanol–water partition coefficient (Wildman–Crippen LogP) is 2.57. The van der Waals surface area contributed by atoms with Crippen molar-refractivity contribution in [1.82, 2.24) is 5.32 Å². The van der Waals surface area contributed by atoms with Gasteiger partial charge in [-0.15, -0.1) is 0 Å². The molecule has 3 rings (SSSR count). The van der Waals surface area contributed by atoms with Gasteiger partial charge in [-0.05, 0) is 36.6 Å². The molecule has 0 bridgehead atoms. The van der Waals surface area contributed by atoms with Crippen LogP contribution in [0.2, 0.25) is 0 Å². The summed E-state index contributed by atoms with van der Waals surface area (Å²) in [7, 11) is 1.81. The number of nitrogens with one attached hydrogen (secondary N) is 1. The molecular weight excluding hydrogens is 250 g/mol. The van der Waals surface area contributed by atoms with Gasteiger partial charge in [0.1, 0.15) is 5.75 Å². The molecule has 1 heterocycles. The second kappa shape index (κ2) is 5.38. The first-order valence-corrected chi connectivity index (χ1v) is 7.62. The minimum atomic E-state index is 0.251. The van der Waals surface area contributed by atoms with Crippen molar-refractivity contribution in [3.05, 3.63) is 29.3 Å². The summed E-state index contributed by atoms with van der Waals surface area (Å²) in [6.45, 7) is 6.44. The zero-order valence-corrected chi connectivity index (χ0v) is 12.7. The van der Waals surface area contributed by atoms with Crippen LogP contribution in [0.25, 0.3) is 0 Å². The van der Waals surface area contributed by atoms with E-state index in [0.717, 1.165) is 38.2 Å². The topological polar surface area (TPSA) is 30.5 Å². The number of methoxy groups -OCH3 is 1. The fraction of sp³-hybridized carbons (Fsp3) is 0.647. The van der Waals surface area contributed by atoms with E-state index in [1.807, 2.05) is 7.11 Å². The molecule has 1 aliphatic heterocycles. The Hall–Kier alpha value is -1.06. The van der Waals surface area contributed by atoms with Gasteiger partial charge in [-0.2, -0.15) is 0 Å². The van der Waals surface area contributed by atoms with Crippen LogP contribution in [0.1, 0.15) is 31.4 Å². The zero-order valence-electron chi connectivity index (χ0n) is 12.7. The maximum absolute atomic E-state index is 5.54. The molecule has 1 aliphatic carbocycles. The monoisotopic (exact) mass is 275 g/mol. The van der Waals surface area contributed by atoms with E-state index in [-0.39, 0.29) is 5.41 Å². The summed E-state index contributed by atoms with van der Waals surface area (Å²) in [6.07, 6.45) is 3.66. The fourth-order valence-corrected chi connectivity index (χ4v) is 3.42. The van der Waals surface area contributed by atoms with Gasteiger partial charge in [-0.1, -0.05) is 26.0 Å². The van der Waals surface area contributed by atoms with Crippen LogP contribution in [0, 0.1) is 5.41 Å². The lowest BCUT2D eigenvalue weighted by atomic mass is 9.64. The zero-order chi connectivity index (χ0) is 14.2. The lowest BCUT2D eigenvalue weighted by Gasteiger charge is -2.51. The van der Waals surface area contributed by atoms with Gasteiger partial charge < -0.3 is 14.8 Å². The standard InChI is InChI=1S/C17H25NO2/c1-17(2)15(11-16(17)19-3)18-8-6-12-4-5-14-13(10-12)7-9-20-14/h4-5,10,15-16,18H,6-9,11H2,1-3H3. The average molecular weight is 275 g/mol. The molecule has 110 valence electrons. The van der Waals surface area contributed by atoms with Crippen LogP contribution >= 0.6 is 0 Å². The third-order valence-electron chi connectivity index (χ3n) is 5.02. The first-order valence-electron chi connectivity index (χ1n) is 7.62. The smallest absolute Gasteiger partial charge is 0.122 e. The van der Waals surface area contributed by atoms with Gasteiger partial charge in [0.2, 0.25) is 0 Å². The maximum atomic E-state index is 5.54. The molecule has 3 heteroatoms. The molecule has 1 fully saturated rings. The Bertz CT molecular complexity index is 484. The van der Waals surface area contributed by atoms with Gasteiger partial charge in [-0.3, -0.25) is 0 Å². The predicted molar refractivity (Wildman–Crippen MR) is 80.3 cm³/mol. The molecule has 0 spiro atoms. The van der Waals surface area contributed by atoms with Crippen molar-refractivity contribution in [3.63, 3.8) is 0 Å². The number of benzene rings is 1. The van der Waals surface area contributed by atoms with Crippen molar-refractivity contribution in [2.24, 2.45) is 5.41 Å². The highest BCUT2D eigenvalue weighted by atomic mass is 16.5. The van der Waals surface area contributed by atoms with E-state index in [2.05, 4.69) is 37.4 Å². The Morgan fingerprint density at radius 2 is 2.25 bits per heavy atom. The lowest BCUT2D eigenvalue weighted by molar-refractivity contribution is -0.0971. The van der Waals surface area contributed by atoms with Gasteiger partial charge in [0.15, 0.2) is 0 Å². The largest absolute Gasteiger partial charge is 0.493 e. The molecule has 0 aromatic heterocycles. The van der Waals surface area contributed by atoms with Crippen LogP contribution in [-0.4, -0.2) is 32.4 Å². The van der Waals surface area contributed by atoms with Crippen molar-refractivity contribution in [2.75, 3.05) is 20.3 Å². The highest BCUT2D eigenvalue weighted by Crippen LogP contribution is 2.42. The second-order valence-electron chi connectivity index (χ2n) is 6.58. The summed E-state index contributed by atoms with van der Waals surface area (Å²) < 4.78 is 11.0. The third-order valence-corrected chi connectivity index (χ3v) is 5.02. The molecule has 2 atom stereocenters. The maximum Gasteiger partial charge on any atom is 0.122 e. The number of rotatable bonds is 5. The lowest BCUT2D eigenvalue weighted by Crippen LogP contribution is -2.60. The molecule has 1 saturated carbocycles. The normalized spacial score (nSPS) is 26.8. The van der Waals surface area contributed by atoms with E-state index >= 15 is 0 Å². The Labute approximate surface area is 121 Å². The van der Waals surface area contributed by atoms with Crippen LogP contribution in [-0.2, 0) is 17.6 Å². The van der Waals surface area contributed by atoms with Crippen LogP contribution in [0.5, 0.6) is 5.75 Å².